The minimum absolute atomic E-state index is 0.361. The second-order valence-corrected chi connectivity index (χ2v) is 4.78. The van der Waals surface area contributed by atoms with Gasteiger partial charge in [0.05, 0.1) is 16.0 Å². The molecule has 18 heavy (non-hydrogen) atoms. The van der Waals surface area contributed by atoms with Crippen LogP contribution in [0.1, 0.15) is 25.3 Å². The minimum atomic E-state index is -1.08. The molecule has 0 aliphatic heterocycles. The summed E-state index contributed by atoms with van der Waals surface area (Å²) in [5, 5.41) is 11.9. The molecule has 0 aliphatic rings. The van der Waals surface area contributed by atoms with Crippen LogP contribution in [0.4, 0.5) is 0 Å². The molecule has 2 N–H and O–H groups in total. The Labute approximate surface area is 115 Å². The lowest BCUT2D eigenvalue weighted by atomic mass is 10.00. The maximum absolute atomic E-state index is 11.8. The third-order valence-electron chi connectivity index (χ3n) is 2.57. The van der Waals surface area contributed by atoms with Crippen molar-refractivity contribution >= 4 is 35.1 Å². The van der Waals surface area contributed by atoms with Gasteiger partial charge in [-0.05, 0) is 31.5 Å². The first-order valence-corrected chi connectivity index (χ1v) is 6.06. The van der Waals surface area contributed by atoms with E-state index in [1.54, 1.807) is 25.1 Å². The van der Waals surface area contributed by atoms with Crippen LogP contribution in [0, 0.1) is 0 Å². The normalized spacial score (nSPS) is 13.8. The van der Waals surface area contributed by atoms with E-state index in [4.69, 9.17) is 28.3 Å². The van der Waals surface area contributed by atoms with E-state index in [1.165, 1.54) is 6.92 Å². The summed E-state index contributed by atoms with van der Waals surface area (Å²) in [6, 6.07) is 3.95. The average molecular weight is 290 g/mol. The van der Waals surface area contributed by atoms with Crippen molar-refractivity contribution in [3.05, 3.63) is 33.8 Å². The summed E-state index contributed by atoms with van der Waals surface area (Å²) in [7, 11) is 0. The van der Waals surface area contributed by atoms with Crippen LogP contribution < -0.4 is 5.32 Å². The third-order valence-corrected chi connectivity index (χ3v) is 3.31. The van der Waals surface area contributed by atoms with Gasteiger partial charge in [0, 0.05) is 0 Å². The molecule has 1 aromatic carbocycles. The minimum Gasteiger partial charge on any atom is -0.480 e. The highest BCUT2D eigenvalue weighted by Gasteiger charge is 2.20. The molecule has 1 amide bonds. The van der Waals surface area contributed by atoms with E-state index < -0.39 is 17.9 Å². The molecule has 0 saturated carbocycles. The molecule has 2 unspecified atom stereocenters. The molecule has 98 valence electrons. The van der Waals surface area contributed by atoms with Crippen molar-refractivity contribution in [1.82, 2.24) is 5.32 Å². The number of benzene rings is 1. The van der Waals surface area contributed by atoms with E-state index in [0.29, 0.717) is 15.6 Å². The van der Waals surface area contributed by atoms with E-state index in [2.05, 4.69) is 5.32 Å². The van der Waals surface area contributed by atoms with Gasteiger partial charge in [-0.15, -0.1) is 0 Å². The SMILES string of the molecule is CC(NC(=O)C(C)c1ccc(Cl)c(Cl)c1)C(=O)O. The first kappa shape index (κ1) is 14.8. The molecule has 0 radical (unpaired) electrons. The first-order chi connectivity index (χ1) is 8.32. The van der Waals surface area contributed by atoms with Gasteiger partial charge < -0.3 is 10.4 Å². The molecular formula is C12H13Cl2NO3. The summed E-state index contributed by atoms with van der Waals surface area (Å²) >= 11 is 11.6. The standard InChI is InChI=1S/C12H13Cl2NO3/c1-6(11(16)15-7(2)12(17)18)8-3-4-9(13)10(14)5-8/h3-7H,1-2H3,(H,15,16)(H,17,18). The molecule has 2 atom stereocenters. The number of carbonyl (C=O) groups excluding carboxylic acids is 1. The Kier molecular flexibility index (Phi) is 4.99. The zero-order valence-corrected chi connectivity index (χ0v) is 11.4. The van der Waals surface area contributed by atoms with E-state index in [0.717, 1.165) is 0 Å². The Morgan fingerprint density at radius 1 is 1.22 bits per heavy atom. The summed E-state index contributed by atoms with van der Waals surface area (Å²) < 4.78 is 0. The Morgan fingerprint density at radius 2 is 1.83 bits per heavy atom. The Morgan fingerprint density at radius 3 is 2.33 bits per heavy atom. The number of rotatable bonds is 4. The molecular weight excluding hydrogens is 277 g/mol. The predicted octanol–water partition coefficient (Wildman–Crippen LogP) is 2.69. The van der Waals surface area contributed by atoms with Crippen molar-refractivity contribution < 1.29 is 14.7 Å². The lowest BCUT2D eigenvalue weighted by Gasteiger charge is -2.15. The highest BCUT2D eigenvalue weighted by atomic mass is 35.5. The molecule has 0 aliphatic carbocycles. The van der Waals surface area contributed by atoms with Crippen molar-refractivity contribution in [3.63, 3.8) is 0 Å². The number of nitrogens with one attached hydrogen (secondary N) is 1. The highest BCUT2D eigenvalue weighted by molar-refractivity contribution is 6.42. The maximum Gasteiger partial charge on any atom is 0.325 e. The highest BCUT2D eigenvalue weighted by Crippen LogP contribution is 2.26. The first-order valence-electron chi connectivity index (χ1n) is 5.31. The van der Waals surface area contributed by atoms with Crippen molar-refractivity contribution in [2.24, 2.45) is 0 Å². The van der Waals surface area contributed by atoms with E-state index in [9.17, 15) is 9.59 Å². The van der Waals surface area contributed by atoms with E-state index >= 15 is 0 Å². The van der Waals surface area contributed by atoms with Crippen molar-refractivity contribution in [3.8, 4) is 0 Å². The molecule has 6 heteroatoms. The number of halogens is 2. The fourth-order valence-electron chi connectivity index (χ4n) is 1.33. The molecule has 0 spiro atoms. The molecule has 1 rings (SSSR count). The van der Waals surface area contributed by atoms with Crippen LogP contribution in [0.5, 0.6) is 0 Å². The average Bonchev–Trinajstić information content (AvgIpc) is 2.31. The van der Waals surface area contributed by atoms with Crippen LogP contribution >= 0.6 is 23.2 Å². The second kappa shape index (κ2) is 6.07. The lowest BCUT2D eigenvalue weighted by molar-refractivity contribution is -0.141. The Hall–Kier alpha value is -1.26. The summed E-state index contributed by atoms with van der Waals surface area (Å²) in [5.74, 6) is -1.95. The van der Waals surface area contributed by atoms with Crippen LogP contribution in [0.3, 0.4) is 0 Å². The molecule has 0 fully saturated rings. The molecule has 0 heterocycles. The number of carboxylic acids is 1. The van der Waals surface area contributed by atoms with Gasteiger partial charge in [0.2, 0.25) is 5.91 Å². The molecule has 0 aromatic heterocycles. The summed E-state index contributed by atoms with van der Waals surface area (Å²) in [4.78, 5) is 22.4. The van der Waals surface area contributed by atoms with Gasteiger partial charge in [-0.3, -0.25) is 9.59 Å². The molecule has 1 aromatic rings. The molecule has 0 bridgehead atoms. The van der Waals surface area contributed by atoms with Crippen molar-refractivity contribution in [1.29, 1.82) is 0 Å². The van der Waals surface area contributed by atoms with Gasteiger partial charge in [0.15, 0.2) is 0 Å². The lowest BCUT2D eigenvalue weighted by Crippen LogP contribution is -2.40. The summed E-state index contributed by atoms with van der Waals surface area (Å²) in [6.45, 7) is 3.07. The number of hydrogen-bond acceptors (Lipinski definition) is 2. The number of aliphatic carboxylic acids is 1. The number of carboxylic acid groups (broad SMARTS) is 1. The van der Waals surface area contributed by atoms with Crippen molar-refractivity contribution in [2.45, 2.75) is 25.8 Å². The number of carbonyl (C=O) groups is 2. The quantitative estimate of drug-likeness (QED) is 0.896. The molecule has 4 nitrogen and oxygen atoms in total. The topological polar surface area (TPSA) is 66.4 Å². The van der Waals surface area contributed by atoms with Crippen LogP contribution in [0.25, 0.3) is 0 Å². The summed E-state index contributed by atoms with van der Waals surface area (Å²) in [6.07, 6.45) is 0. The smallest absolute Gasteiger partial charge is 0.325 e. The van der Waals surface area contributed by atoms with Gasteiger partial charge in [-0.1, -0.05) is 29.3 Å². The van der Waals surface area contributed by atoms with Crippen LogP contribution in [0.2, 0.25) is 10.0 Å². The molecule has 0 saturated heterocycles. The fraction of sp³-hybridized carbons (Fsp3) is 0.333. The predicted molar refractivity (Wildman–Crippen MR) is 70.1 cm³/mol. The van der Waals surface area contributed by atoms with Gasteiger partial charge in [0.25, 0.3) is 0 Å². The summed E-state index contributed by atoms with van der Waals surface area (Å²) in [5.41, 5.74) is 0.680. The number of hydrogen-bond donors (Lipinski definition) is 2. The maximum atomic E-state index is 11.8. The zero-order valence-electron chi connectivity index (χ0n) is 9.91. The van der Waals surface area contributed by atoms with Gasteiger partial charge in [-0.25, -0.2) is 0 Å². The fourth-order valence-corrected chi connectivity index (χ4v) is 1.64. The van der Waals surface area contributed by atoms with Crippen LogP contribution in [-0.2, 0) is 9.59 Å². The zero-order chi connectivity index (χ0) is 13.9. The van der Waals surface area contributed by atoms with Crippen LogP contribution in [0.15, 0.2) is 18.2 Å². The van der Waals surface area contributed by atoms with Crippen LogP contribution in [-0.4, -0.2) is 23.0 Å². The van der Waals surface area contributed by atoms with Crippen molar-refractivity contribution in [2.75, 3.05) is 0 Å². The second-order valence-electron chi connectivity index (χ2n) is 3.96. The largest absolute Gasteiger partial charge is 0.480 e. The third kappa shape index (κ3) is 3.62. The van der Waals surface area contributed by atoms with E-state index in [1.807, 2.05) is 0 Å². The Bertz CT molecular complexity index is 476. The Balaban J connectivity index is 2.80. The van der Waals surface area contributed by atoms with Gasteiger partial charge >= 0.3 is 5.97 Å². The number of amides is 1. The van der Waals surface area contributed by atoms with Gasteiger partial charge in [0.1, 0.15) is 6.04 Å². The van der Waals surface area contributed by atoms with E-state index in [-0.39, 0.29) is 5.91 Å². The monoisotopic (exact) mass is 289 g/mol. The van der Waals surface area contributed by atoms with Gasteiger partial charge in [-0.2, -0.15) is 0 Å².